The van der Waals surface area contributed by atoms with Gasteiger partial charge in [-0.1, -0.05) is 13.8 Å². The maximum Gasteiger partial charge on any atom is 0.0474 e. The minimum Gasteiger partial charge on any atom is -0.396 e. The lowest BCUT2D eigenvalue weighted by Gasteiger charge is -2.23. The van der Waals surface area contributed by atoms with Crippen molar-refractivity contribution in [2.45, 2.75) is 26.7 Å². The van der Waals surface area contributed by atoms with Crippen molar-refractivity contribution >= 4 is 0 Å². The summed E-state index contributed by atoms with van der Waals surface area (Å²) in [6, 6.07) is 0. The maximum atomic E-state index is 8.79. The zero-order valence-corrected chi connectivity index (χ0v) is 9.10. The molecule has 0 saturated carbocycles. The summed E-state index contributed by atoms with van der Waals surface area (Å²) < 4.78 is 4.94. The molecule has 0 atom stereocenters. The fourth-order valence-corrected chi connectivity index (χ4v) is 1.16. The number of aliphatic hydroxyl groups excluding tert-OH is 1. The predicted octanol–water partition coefficient (Wildman–Crippen LogP) is 1.02. The molecular weight excluding hydrogens is 166 g/mol. The van der Waals surface area contributed by atoms with E-state index >= 15 is 0 Å². The van der Waals surface area contributed by atoms with E-state index in [0.29, 0.717) is 0 Å². The molecule has 0 aliphatic carbocycles. The van der Waals surface area contributed by atoms with Gasteiger partial charge < -0.3 is 15.2 Å². The van der Waals surface area contributed by atoms with Crippen LogP contribution in [0.1, 0.15) is 26.7 Å². The molecule has 3 nitrogen and oxygen atoms in total. The molecule has 0 aromatic rings. The van der Waals surface area contributed by atoms with E-state index < -0.39 is 0 Å². The molecule has 0 unspecified atom stereocenters. The van der Waals surface area contributed by atoms with Gasteiger partial charge in [-0.25, -0.2) is 0 Å². The summed E-state index contributed by atoms with van der Waals surface area (Å²) in [5.41, 5.74) is 0.196. The molecule has 0 heterocycles. The number of methoxy groups -OCH3 is 1. The van der Waals surface area contributed by atoms with Crippen molar-refractivity contribution < 1.29 is 9.84 Å². The van der Waals surface area contributed by atoms with E-state index in [1.54, 1.807) is 7.11 Å². The molecule has 0 rings (SSSR count). The molecule has 0 radical (unpaired) electrons. The van der Waals surface area contributed by atoms with Crippen molar-refractivity contribution in [2.75, 3.05) is 33.4 Å². The molecule has 2 N–H and O–H groups in total. The Morgan fingerprint density at radius 3 is 2.62 bits per heavy atom. The zero-order chi connectivity index (χ0) is 10.2. The van der Waals surface area contributed by atoms with E-state index in [-0.39, 0.29) is 12.0 Å². The molecule has 3 heteroatoms. The van der Waals surface area contributed by atoms with E-state index in [4.69, 9.17) is 9.84 Å². The third-order valence-corrected chi connectivity index (χ3v) is 2.09. The monoisotopic (exact) mass is 189 g/mol. The molecule has 0 aromatic carbocycles. The van der Waals surface area contributed by atoms with Gasteiger partial charge in [-0.2, -0.15) is 0 Å². The summed E-state index contributed by atoms with van der Waals surface area (Å²) in [6.45, 7) is 7.35. The first-order valence-corrected chi connectivity index (χ1v) is 4.93. The second kappa shape index (κ2) is 7.30. The third kappa shape index (κ3) is 8.22. The Hall–Kier alpha value is -0.120. The van der Waals surface area contributed by atoms with Crippen LogP contribution in [0.3, 0.4) is 0 Å². The molecule has 80 valence electrons. The predicted molar refractivity (Wildman–Crippen MR) is 54.8 cm³/mol. The van der Waals surface area contributed by atoms with Crippen LogP contribution in [0.25, 0.3) is 0 Å². The van der Waals surface area contributed by atoms with Gasteiger partial charge in [0.1, 0.15) is 0 Å². The Labute approximate surface area is 81.5 Å². The Morgan fingerprint density at radius 2 is 2.08 bits per heavy atom. The minimum atomic E-state index is 0.196. The average molecular weight is 189 g/mol. The van der Waals surface area contributed by atoms with Crippen molar-refractivity contribution in [1.29, 1.82) is 0 Å². The Morgan fingerprint density at radius 1 is 1.38 bits per heavy atom. The number of nitrogens with one attached hydrogen (secondary N) is 1. The highest BCUT2D eigenvalue weighted by Gasteiger charge is 2.15. The standard InChI is InChI=1S/C10H23NO2/c1-10(2,5-7-12)9-11-6-4-8-13-3/h11-12H,4-9H2,1-3H3. The number of ether oxygens (including phenoxy) is 1. The molecule has 0 aliphatic heterocycles. The van der Waals surface area contributed by atoms with Gasteiger partial charge in [0.25, 0.3) is 0 Å². The van der Waals surface area contributed by atoms with Gasteiger partial charge in [-0.15, -0.1) is 0 Å². The highest BCUT2D eigenvalue weighted by Crippen LogP contribution is 2.17. The van der Waals surface area contributed by atoms with Gasteiger partial charge in [-0.05, 0) is 24.8 Å². The summed E-state index contributed by atoms with van der Waals surface area (Å²) in [6.07, 6.45) is 1.90. The third-order valence-electron chi connectivity index (χ3n) is 2.09. The molecule has 0 aliphatic rings. The lowest BCUT2D eigenvalue weighted by molar-refractivity contribution is 0.187. The van der Waals surface area contributed by atoms with Gasteiger partial charge in [0.15, 0.2) is 0 Å². The van der Waals surface area contributed by atoms with Crippen molar-refractivity contribution in [3.63, 3.8) is 0 Å². The van der Waals surface area contributed by atoms with Crippen molar-refractivity contribution in [3.05, 3.63) is 0 Å². The zero-order valence-electron chi connectivity index (χ0n) is 9.10. The van der Waals surface area contributed by atoms with Gasteiger partial charge in [0.2, 0.25) is 0 Å². The fourth-order valence-electron chi connectivity index (χ4n) is 1.16. The van der Waals surface area contributed by atoms with Gasteiger partial charge in [-0.3, -0.25) is 0 Å². The quantitative estimate of drug-likeness (QED) is 0.560. The minimum absolute atomic E-state index is 0.196. The molecule has 0 bridgehead atoms. The van der Waals surface area contributed by atoms with Gasteiger partial charge in [0, 0.05) is 26.9 Å². The summed E-state index contributed by atoms with van der Waals surface area (Å²) >= 11 is 0. The first-order valence-electron chi connectivity index (χ1n) is 4.93. The number of hydrogen-bond donors (Lipinski definition) is 2. The van der Waals surface area contributed by atoms with Crippen molar-refractivity contribution in [2.24, 2.45) is 5.41 Å². The second-order valence-corrected chi connectivity index (χ2v) is 4.16. The van der Waals surface area contributed by atoms with Crippen LogP contribution in [-0.4, -0.2) is 38.5 Å². The highest BCUT2D eigenvalue weighted by molar-refractivity contribution is 4.70. The van der Waals surface area contributed by atoms with Crippen molar-refractivity contribution in [1.82, 2.24) is 5.32 Å². The highest BCUT2D eigenvalue weighted by atomic mass is 16.5. The normalized spacial score (nSPS) is 12.0. The van der Waals surface area contributed by atoms with Crippen molar-refractivity contribution in [3.8, 4) is 0 Å². The van der Waals surface area contributed by atoms with Crippen LogP contribution >= 0.6 is 0 Å². The number of rotatable bonds is 8. The first-order chi connectivity index (χ1) is 6.12. The number of hydrogen-bond acceptors (Lipinski definition) is 3. The van der Waals surface area contributed by atoms with Crippen LogP contribution in [0.2, 0.25) is 0 Å². The molecule has 0 amide bonds. The summed E-state index contributed by atoms with van der Waals surface area (Å²) in [5, 5.41) is 12.1. The van der Waals surface area contributed by atoms with Crippen LogP contribution < -0.4 is 5.32 Å². The summed E-state index contributed by atoms with van der Waals surface area (Å²) in [4.78, 5) is 0. The Balaban J connectivity index is 3.29. The molecule has 0 saturated heterocycles. The maximum absolute atomic E-state index is 8.79. The summed E-state index contributed by atoms with van der Waals surface area (Å²) in [5.74, 6) is 0. The second-order valence-electron chi connectivity index (χ2n) is 4.16. The van der Waals surface area contributed by atoms with Crippen LogP contribution in [0.5, 0.6) is 0 Å². The van der Waals surface area contributed by atoms with Crippen LogP contribution in [0.15, 0.2) is 0 Å². The van der Waals surface area contributed by atoms with E-state index in [1.165, 1.54) is 0 Å². The lowest BCUT2D eigenvalue weighted by Crippen LogP contribution is -2.31. The number of aliphatic hydroxyl groups is 1. The van der Waals surface area contributed by atoms with Crippen LogP contribution in [0, 0.1) is 5.41 Å². The van der Waals surface area contributed by atoms with Gasteiger partial charge in [0.05, 0.1) is 0 Å². The van der Waals surface area contributed by atoms with E-state index in [2.05, 4.69) is 19.2 Å². The van der Waals surface area contributed by atoms with Crippen LogP contribution in [0.4, 0.5) is 0 Å². The Kier molecular flexibility index (Phi) is 7.23. The molecule has 13 heavy (non-hydrogen) atoms. The average Bonchev–Trinajstić information content (AvgIpc) is 2.04. The Bertz CT molecular complexity index is 115. The summed E-state index contributed by atoms with van der Waals surface area (Å²) in [7, 11) is 1.72. The van der Waals surface area contributed by atoms with Gasteiger partial charge >= 0.3 is 0 Å². The SMILES string of the molecule is COCCCNCC(C)(C)CCO. The van der Waals surface area contributed by atoms with E-state index in [0.717, 1.165) is 32.5 Å². The smallest absolute Gasteiger partial charge is 0.0474 e. The molecule has 0 fully saturated rings. The molecule has 0 aromatic heterocycles. The fraction of sp³-hybridized carbons (Fsp3) is 1.00. The topological polar surface area (TPSA) is 41.5 Å². The van der Waals surface area contributed by atoms with E-state index in [1.807, 2.05) is 0 Å². The molecule has 0 spiro atoms. The largest absolute Gasteiger partial charge is 0.396 e. The van der Waals surface area contributed by atoms with E-state index in [9.17, 15) is 0 Å². The molecular formula is C10H23NO2. The van der Waals surface area contributed by atoms with Crippen LogP contribution in [-0.2, 0) is 4.74 Å². The first kappa shape index (κ1) is 12.9. The lowest BCUT2D eigenvalue weighted by atomic mass is 9.90.